The summed E-state index contributed by atoms with van der Waals surface area (Å²) in [5, 5.41) is 6.96. The molecule has 0 radical (unpaired) electrons. The van der Waals surface area contributed by atoms with Crippen molar-refractivity contribution in [2.24, 2.45) is 0 Å². The molecule has 3 rings (SSSR count). The van der Waals surface area contributed by atoms with E-state index in [1.165, 1.54) is 12.8 Å². The molecule has 0 atom stereocenters. The van der Waals surface area contributed by atoms with Crippen molar-refractivity contribution >= 4 is 11.7 Å². The molecule has 1 amide bonds. The van der Waals surface area contributed by atoms with Crippen LogP contribution in [0.5, 0.6) is 0 Å². The predicted octanol–water partition coefficient (Wildman–Crippen LogP) is -0.428. The maximum absolute atomic E-state index is 12.0. The number of nitrogens with two attached hydrogens (primary N) is 1. The number of piperazine rings is 1. The third kappa shape index (κ3) is 1.97. The molecule has 7 heteroatoms. The number of hydrogen-bond acceptors (Lipinski definition) is 6. The van der Waals surface area contributed by atoms with Crippen molar-refractivity contribution in [2.75, 3.05) is 31.9 Å². The van der Waals surface area contributed by atoms with Crippen LogP contribution in [0.1, 0.15) is 23.3 Å². The molecule has 92 valence electrons. The Morgan fingerprint density at radius 3 is 2.47 bits per heavy atom. The Morgan fingerprint density at radius 2 is 1.94 bits per heavy atom. The van der Waals surface area contributed by atoms with E-state index in [-0.39, 0.29) is 17.4 Å². The topological polar surface area (TPSA) is 88.5 Å². The molecule has 1 aliphatic carbocycles. The summed E-state index contributed by atoms with van der Waals surface area (Å²) in [5.74, 6) is -0.112. The van der Waals surface area contributed by atoms with Gasteiger partial charge in [-0.3, -0.25) is 9.69 Å². The molecule has 0 aromatic carbocycles. The molecule has 7 nitrogen and oxygen atoms in total. The predicted molar refractivity (Wildman–Crippen MR) is 59.2 cm³/mol. The maximum atomic E-state index is 12.0. The first-order valence-corrected chi connectivity index (χ1v) is 5.87. The van der Waals surface area contributed by atoms with Crippen LogP contribution < -0.4 is 5.73 Å². The SMILES string of the molecule is Nc1nonc1C(=O)N1CCN(C2CC2)CC1. The summed E-state index contributed by atoms with van der Waals surface area (Å²) in [6.45, 7) is 3.31. The monoisotopic (exact) mass is 237 g/mol. The number of amides is 1. The smallest absolute Gasteiger partial charge is 0.280 e. The summed E-state index contributed by atoms with van der Waals surface area (Å²) in [5.41, 5.74) is 5.64. The van der Waals surface area contributed by atoms with Crippen LogP contribution in [0.15, 0.2) is 4.63 Å². The zero-order valence-corrected chi connectivity index (χ0v) is 9.50. The molecule has 0 spiro atoms. The fourth-order valence-electron chi connectivity index (χ4n) is 2.22. The van der Waals surface area contributed by atoms with Crippen molar-refractivity contribution in [2.45, 2.75) is 18.9 Å². The van der Waals surface area contributed by atoms with Crippen LogP contribution in [-0.4, -0.2) is 58.2 Å². The van der Waals surface area contributed by atoms with Gasteiger partial charge in [0.1, 0.15) is 0 Å². The van der Waals surface area contributed by atoms with Crippen LogP contribution in [0.25, 0.3) is 0 Å². The number of hydrogen-bond donors (Lipinski definition) is 1. The molecule has 1 aromatic heterocycles. The number of rotatable bonds is 2. The molecule has 2 aliphatic rings. The molecule has 2 heterocycles. The van der Waals surface area contributed by atoms with Crippen LogP contribution in [0.4, 0.5) is 5.82 Å². The lowest BCUT2D eigenvalue weighted by molar-refractivity contribution is 0.0617. The van der Waals surface area contributed by atoms with Gasteiger partial charge in [0.2, 0.25) is 11.5 Å². The summed E-state index contributed by atoms with van der Waals surface area (Å²) < 4.78 is 4.44. The van der Waals surface area contributed by atoms with Crippen LogP contribution >= 0.6 is 0 Å². The highest BCUT2D eigenvalue weighted by Crippen LogP contribution is 2.27. The van der Waals surface area contributed by atoms with Gasteiger partial charge in [-0.15, -0.1) is 0 Å². The Morgan fingerprint density at radius 1 is 1.24 bits per heavy atom. The first kappa shape index (κ1) is 10.5. The van der Waals surface area contributed by atoms with Crippen molar-refractivity contribution in [3.05, 3.63) is 5.69 Å². The molecule has 1 saturated carbocycles. The van der Waals surface area contributed by atoms with Gasteiger partial charge in [0.05, 0.1) is 0 Å². The van der Waals surface area contributed by atoms with Crippen molar-refractivity contribution < 1.29 is 9.42 Å². The van der Waals surface area contributed by atoms with Gasteiger partial charge in [-0.1, -0.05) is 0 Å². The van der Waals surface area contributed by atoms with Crippen LogP contribution in [0, 0.1) is 0 Å². The molecule has 0 unspecified atom stereocenters. The highest BCUT2D eigenvalue weighted by Gasteiger charge is 2.33. The molecule has 17 heavy (non-hydrogen) atoms. The van der Waals surface area contributed by atoms with Crippen LogP contribution in [-0.2, 0) is 0 Å². The summed E-state index contributed by atoms with van der Waals surface area (Å²) >= 11 is 0. The zero-order chi connectivity index (χ0) is 11.8. The van der Waals surface area contributed by atoms with Gasteiger partial charge in [0, 0.05) is 32.2 Å². The fraction of sp³-hybridized carbons (Fsp3) is 0.700. The number of carbonyl (C=O) groups is 1. The summed E-state index contributed by atoms with van der Waals surface area (Å²) in [6, 6.07) is 0.756. The van der Waals surface area contributed by atoms with E-state index in [0.717, 1.165) is 32.2 Å². The van der Waals surface area contributed by atoms with Gasteiger partial charge in [-0.05, 0) is 23.2 Å². The first-order chi connectivity index (χ1) is 8.25. The second-order valence-corrected chi connectivity index (χ2v) is 4.56. The Balaban J connectivity index is 1.62. The number of nitrogens with zero attached hydrogens (tertiary/aromatic N) is 4. The van der Waals surface area contributed by atoms with Crippen LogP contribution in [0.3, 0.4) is 0 Å². The normalized spacial score (nSPS) is 21.8. The highest BCUT2D eigenvalue weighted by atomic mass is 16.6. The second-order valence-electron chi connectivity index (χ2n) is 4.56. The summed E-state index contributed by atoms with van der Waals surface area (Å²) in [4.78, 5) is 16.2. The molecule has 1 aliphatic heterocycles. The first-order valence-electron chi connectivity index (χ1n) is 5.87. The van der Waals surface area contributed by atoms with Gasteiger partial charge in [-0.2, -0.15) is 0 Å². The molecule has 1 saturated heterocycles. The molecule has 2 fully saturated rings. The van der Waals surface area contributed by atoms with Gasteiger partial charge < -0.3 is 10.6 Å². The lowest BCUT2D eigenvalue weighted by Gasteiger charge is -2.34. The van der Waals surface area contributed by atoms with E-state index >= 15 is 0 Å². The third-order valence-corrected chi connectivity index (χ3v) is 3.38. The highest BCUT2D eigenvalue weighted by molar-refractivity contribution is 5.96. The number of aromatic nitrogens is 2. The van der Waals surface area contributed by atoms with E-state index < -0.39 is 0 Å². The van der Waals surface area contributed by atoms with Crippen molar-refractivity contribution in [3.8, 4) is 0 Å². The van der Waals surface area contributed by atoms with Gasteiger partial charge in [0.25, 0.3) is 5.91 Å². The Bertz CT molecular complexity index is 420. The van der Waals surface area contributed by atoms with E-state index in [2.05, 4.69) is 19.8 Å². The number of nitrogen functional groups attached to an aromatic ring is 1. The van der Waals surface area contributed by atoms with Gasteiger partial charge in [-0.25, -0.2) is 4.63 Å². The number of anilines is 1. The van der Waals surface area contributed by atoms with Crippen LogP contribution in [0.2, 0.25) is 0 Å². The second kappa shape index (κ2) is 3.99. The van der Waals surface area contributed by atoms with E-state index in [9.17, 15) is 4.79 Å². The maximum Gasteiger partial charge on any atom is 0.280 e. The number of carbonyl (C=O) groups excluding carboxylic acids is 1. The fourth-order valence-corrected chi connectivity index (χ4v) is 2.22. The largest absolute Gasteiger partial charge is 0.379 e. The molecular formula is C10H15N5O2. The Labute approximate surface area is 98.5 Å². The Hall–Kier alpha value is -1.63. The Kier molecular flexibility index (Phi) is 2.47. The molecular weight excluding hydrogens is 222 g/mol. The minimum absolute atomic E-state index is 0.0691. The minimum Gasteiger partial charge on any atom is -0.379 e. The van der Waals surface area contributed by atoms with Crippen molar-refractivity contribution in [1.82, 2.24) is 20.1 Å². The zero-order valence-electron chi connectivity index (χ0n) is 9.50. The van der Waals surface area contributed by atoms with Crippen molar-refractivity contribution in [3.63, 3.8) is 0 Å². The average molecular weight is 237 g/mol. The summed E-state index contributed by atoms with van der Waals surface area (Å²) in [6.07, 6.45) is 2.60. The van der Waals surface area contributed by atoms with E-state index in [0.29, 0.717) is 0 Å². The molecule has 1 aromatic rings. The van der Waals surface area contributed by atoms with E-state index in [1.807, 2.05) is 0 Å². The quantitative estimate of drug-likeness (QED) is 0.751. The van der Waals surface area contributed by atoms with Crippen molar-refractivity contribution in [1.29, 1.82) is 0 Å². The molecule has 2 N–H and O–H groups in total. The van der Waals surface area contributed by atoms with E-state index in [1.54, 1.807) is 4.90 Å². The van der Waals surface area contributed by atoms with Gasteiger partial charge >= 0.3 is 0 Å². The molecule has 0 bridgehead atoms. The minimum atomic E-state index is -0.181. The summed E-state index contributed by atoms with van der Waals surface area (Å²) in [7, 11) is 0. The standard InChI is InChI=1S/C10H15N5O2/c11-9-8(12-17-13-9)10(16)15-5-3-14(4-6-15)7-1-2-7/h7H,1-6H2,(H2,11,13). The van der Waals surface area contributed by atoms with E-state index in [4.69, 9.17) is 5.73 Å². The lowest BCUT2D eigenvalue weighted by atomic mass is 10.2. The third-order valence-electron chi connectivity index (χ3n) is 3.38. The van der Waals surface area contributed by atoms with Gasteiger partial charge in [0.15, 0.2) is 0 Å². The average Bonchev–Trinajstić information content (AvgIpc) is 3.12. The lowest BCUT2D eigenvalue weighted by Crippen LogP contribution is -2.49.